The molecule has 3 fully saturated rings. The van der Waals surface area contributed by atoms with Crippen LogP contribution in [0.25, 0.3) is 0 Å². The van der Waals surface area contributed by atoms with Crippen LogP contribution < -0.4 is 0 Å². The van der Waals surface area contributed by atoms with Gasteiger partial charge in [-0.1, -0.05) is 20.8 Å². The van der Waals surface area contributed by atoms with Crippen LogP contribution in [0.15, 0.2) is 0 Å². The van der Waals surface area contributed by atoms with Crippen molar-refractivity contribution in [2.24, 2.45) is 35.0 Å². The lowest BCUT2D eigenvalue weighted by Gasteiger charge is -2.42. The third-order valence-corrected chi connectivity index (χ3v) is 6.45. The van der Waals surface area contributed by atoms with E-state index < -0.39 is 5.60 Å². The van der Waals surface area contributed by atoms with Crippen molar-refractivity contribution in [2.75, 3.05) is 13.2 Å². The second-order valence-corrected chi connectivity index (χ2v) is 7.07. The van der Waals surface area contributed by atoms with Crippen LogP contribution in [0.5, 0.6) is 0 Å². The summed E-state index contributed by atoms with van der Waals surface area (Å²) >= 11 is 0. The third kappa shape index (κ3) is 1.16. The molecular formula is C15H24O3. The quantitative estimate of drug-likeness (QED) is 0.780. The molecule has 4 bridgehead atoms. The fraction of sp³-hybridized carbons (Fsp3) is 0.933. The highest BCUT2D eigenvalue weighted by molar-refractivity contribution is 5.60. The van der Waals surface area contributed by atoms with Gasteiger partial charge in [-0.2, -0.15) is 0 Å². The van der Waals surface area contributed by atoms with Gasteiger partial charge in [0.05, 0.1) is 13.2 Å². The fourth-order valence-corrected chi connectivity index (χ4v) is 5.41. The summed E-state index contributed by atoms with van der Waals surface area (Å²) in [5, 5.41) is 9.90. The minimum absolute atomic E-state index is 0.00336. The average molecular weight is 252 g/mol. The Hall–Kier alpha value is -0.410. The molecule has 3 aliphatic rings. The number of hydrogen-bond acceptors (Lipinski definition) is 3. The maximum atomic E-state index is 11.6. The summed E-state index contributed by atoms with van der Waals surface area (Å²) in [7, 11) is 0. The lowest BCUT2D eigenvalue weighted by Crippen LogP contribution is -2.50. The Balaban J connectivity index is 2.08. The Morgan fingerprint density at radius 1 is 1.50 bits per heavy atom. The van der Waals surface area contributed by atoms with Gasteiger partial charge in [0, 0.05) is 11.3 Å². The minimum Gasteiger partial charge on any atom is -0.393 e. The first-order valence-electron chi connectivity index (χ1n) is 7.22. The van der Waals surface area contributed by atoms with Crippen molar-refractivity contribution in [3.63, 3.8) is 0 Å². The summed E-state index contributed by atoms with van der Waals surface area (Å²) in [5.41, 5.74) is -0.586. The zero-order valence-corrected chi connectivity index (χ0v) is 11.6. The number of aliphatic hydroxyl groups is 1. The largest absolute Gasteiger partial charge is 0.393 e. The highest BCUT2D eigenvalue weighted by Gasteiger charge is 2.74. The molecule has 0 aromatic rings. The molecule has 18 heavy (non-hydrogen) atoms. The Bertz CT molecular complexity index is 367. The molecule has 1 aliphatic heterocycles. The minimum atomic E-state index is -0.590. The van der Waals surface area contributed by atoms with Crippen molar-refractivity contribution in [3.8, 4) is 0 Å². The van der Waals surface area contributed by atoms with Gasteiger partial charge in [-0.25, -0.2) is 0 Å². The topological polar surface area (TPSA) is 46.5 Å². The predicted octanol–water partition coefficient (Wildman–Crippen LogP) is 1.88. The normalized spacial score (nSPS) is 54.1. The molecule has 2 aliphatic carbocycles. The summed E-state index contributed by atoms with van der Waals surface area (Å²) in [5.74, 6) is 1.98. The second kappa shape index (κ2) is 3.80. The monoisotopic (exact) mass is 252 g/mol. The fourth-order valence-electron chi connectivity index (χ4n) is 5.41. The van der Waals surface area contributed by atoms with Crippen LogP contribution in [0, 0.1) is 35.0 Å². The molecule has 0 spiro atoms. The molecule has 102 valence electrons. The van der Waals surface area contributed by atoms with E-state index in [1.165, 1.54) is 6.42 Å². The standard InChI is InChI=1S/C15H24O3/c1-9(2)10-4-5-14(3)12-7-18-15(14,8-17)11(6-16)13(10)12/h6,9-13,17H,4-5,7-8H2,1-3H3/t10-,11-,12+,13+,14+,15+/m1/s1. The Kier molecular flexibility index (Phi) is 2.66. The number of aliphatic hydroxyl groups excluding tert-OH is 1. The molecule has 6 atom stereocenters. The summed E-state index contributed by atoms with van der Waals surface area (Å²) in [6.45, 7) is 7.47. The van der Waals surface area contributed by atoms with Crippen LogP contribution in [0.2, 0.25) is 0 Å². The Labute approximate surface area is 109 Å². The summed E-state index contributed by atoms with van der Waals surface area (Å²) in [6, 6.07) is 0. The lowest BCUT2D eigenvalue weighted by atomic mass is 9.61. The zero-order chi connectivity index (χ0) is 13.1. The highest BCUT2D eigenvalue weighted by Crippen LogP contribution is 2.70. The Morgan fingerprint density at radius 3 is 2.78 bits per heavy atom. The molecule has 0 aromatic carbocycles. The van der Waals surface area contributed by atoms with Gasteiger partial charge in [0.25, 0.3) is 0 Å². The van der Waals surface area contributed by atoms with Gasteiger partial charge in [-0.05, 0) is 36.5 Å². The van der Waals surface area contributed by atoms with Crippen molar-refractivity contribution in [1.29, 1.82) is 0 Å². The molecule has 1 saturated heterocycles. The molecule has 3 nitrogen and oxygen atoms in total. The maximum absolute atomic E-state index is 11.6. The van der Waals surface area contributed by atoms with Gasteiger partial charge >= 0.3 is 0 Å². The maximum Gasteiger partial charge on any atom is 0.126 e. The van der Waals surface area contributed by atoms with Crippen molar-refractivity contribution in [3.05, 3.63) is 0 Å². The molecule has 3 heteroatoms. The van der Waals surface area contributed by atoms with E-state index in [9.17, 15) is 9.90 Å². The van der Waals surface area contributed by atoms with Gasteiger partial charge < -0.3 is 14.6 Å². The molecular weight excluding hydrogens is 228 g/mol. The van der Waals surface area contributed by atoms with E-state index in [0.717, 1.165) is 19.3 Å². The SMILES string of the molecule is CC(C)[C@H]1CC[C@@]2(C)[C@H]3CO[C@@]2(CO)[C@H](C=O)[C@H]13. The number of ether oxygens (including phenoxy) is 1. The smallest absolute Gasteiger partial charge is 0.126 e. The molecule has 3 rings (SSSR count). The van der Waals surface area contributed by atoms with Crippen molar-refractivity contribution in [2.45, 2.75) is 39.2 Å². The van der Waals surface area contributed by atoms with Gasteiger partial charge in [0.1, 0.15) is 11.9 Å². The van der Waals surface area contributed by atoms with Gasteiger partial charge in [-0.15, -0.1) is 0 Å². The Morgan fingerprint density at radius 2 is 2.22 bits per heavy atom. The van der Waals surface area contributed by atoms with E-state index in [-0.39, 0.29) is 17.9 Å². The summed E-state index contributed by atoms with van der Waals surface area (Å²) in [6.07, 6.45) is 3.33. The molecule has 0 amide bonds. The van der Waals surface area contributed by atoms with Crippen LogP contribution in [-0.4, -0.2) is 30.2 Å². The number of aldehydes is 1. The molecule has 0 aromatic heterocycles. The van der Waals surface area contributed by atoms with E-state index in [1.807, 2.05) is 0 Å². The van der Waals surface area contributed by atoms with Crippen LogP contribution in [-0.2, 0) is 9.53 Å². The van der Waals surface area contributed by atoms with Crippen molar-refractivity contribution >= 4 is 6.29 Å². The molecule has 0 radical (unpaired) electrons. The van der Waals surface area contributed by atoms with Crippen molar-refractivity contribution < 1.29 is 14.6 Å². The first-order chi connectivity index (χ1) is 8.52. The van der Waals surface area contributed by atoms with E-state index in [4.69, 9.17) is 4.74 Å². The molecule has 0 unspecified atom stereocenters. The summed E-state index contributed by atoms with van der Waals surface area (Å²) in [4.78, 5) is 11.6. The van der Waals surface area contributed by atoms with Crippen LogP contribution >= 0.6 is 0 Å². The van der Waals surface area contributed by atoms with Crippen LogP contribution in [0.3, 0.4) is 0 Å². The zero-order valence-electron chi connectivity index (χ0n) is 11.6. The predicted molar refractivity (Wildman–Crippen MR) is 68.0 cm³/mol. The van der Waals surface area contributed by atoms with Gasteiger partial charge in [0.15, 0.2) is 0 Å². The van der Waals surface area contributed by atoms with E-state index in [1.54, 1.807) is 0 Å². The van der Waals surface area contributed by atoms with E-state index >= 15 is 0 Å². The van der Waals surface area contributed by atoms with Crippen LogP contribution in [0.4, 0.5) is 0 Å². The molecule has 2 saturated carbocycles. The third-order valence-electron chi connectivity index (χ3n) is 6.45. The first-order valence-corrected chi connectivity index (χ1v) is 7.22. The van der Waals surface area contributed by atoms with Gasteiger partial charge in [0.2, 0.25) is 0 Å². The highest BCUT2D eigenvalue weighted by atomic mass is 16.5. The number of rotatable bonds is 3. The van der Waals surface area contributed by atoms with E-state index in [0.29, 0.717) is 23.7 Å². The number of carbonyl (C=O) groups excluding carboxylic acids is 1. The number of carbonyl (C=O) groups is 1. The average Bonchev–Trinajstić information content (AvgIpc) is 2.71. The van der Waals surface area contributed by atoms with E-state index in [2.05, 4.69) is 20.8 Å². The molecule has 1 N–H and O–H groups in total. The van der Waals surface area contributed by atoms with Crippen LogP contribution in [0.1, 0.15) is 33.6 Å². The second-order valence-electron chi connectivity index (χ2n) is 7.07. The summed E-state index contributed by atoms with van der Waals surface area (Å²) < 4.78 is 5.96. The van der Waals surface area contributed by atoms with Gasteiger partial charge in [-0.3, -0.25) is 0 Å². The molecule has 1 heterocycles. The first kappa shape index (κ1) is 12.6. The van der Waals surface area contributed by atoms with Crippen molar-refractivity contribution in [1.82, 2.24) is 0 Å². The number of hydrogen-bond donors (Lipinski definition) is 1. The lowest BCUT2D eigenvalue weighted by molar-refractivity contribution is -0.148.